The topological polar surface area (TPSA) is 130 Å². The molecule has 2 aromatic heterocycles. The molecule has 2 fully saturated rings. The first-order chi connectivity index (χ1) is 19.2. The number of fused-ring (bicyclic) bond motifs is 2. The van der Waals surface area contributed by atoms with E-state index in [0.717, 1.165) is 35.7 Å². The predicted molar refractivity (Wildman–Crippen MR) is 154 cm³/mol. The number of aromatic nitrogens is 3. The Labute approximate surface area is 238 Å². The quantitative estimate of drug-likeness (QED) is 0.251. The predicted octanol–water partition coefficient (Wildman–Crippen LogP) is 4.02. The van der Waals surface area contributed by atoms with Crippen LogP contribution in [0.15, 0.2) is 41.6 Å². The molecule has 4 aromatic rings. The second kappa shape index (κ2) is 11.4. The molecule has 40 heavy (non-hydrogen) atoms. The lowest BCUT2D eigenvalue weighted by atomic mass is 10.1. The average molecular weight is 588 g/mol. The van der Waals surface area contributed by atoms with Crippen LogP contribution in [0.4, 0.5) is 10.1 Å². The molecule has 1 unspecified atom stereocenters. The summed E-state index contributed by atoms with van der Waals surface area (Å²) in [4.78, 5) is 44.5. The molecular formula is C27H27ClFN5O5S. The number of anilines is 1. The lowest BCUT2D eigenvalue weighted by molar-refractivity contribution is -0.119. The smallest absolute Gasteiger partial charge is 0.341 e. The Bertz CT molecular complexity index is 1670. The van der Waals surface area contributed by atoms with Crippen LogP contribution >= 0.6 is 24.2 Å². The fourth-order valence-electron chi connectivity index (χ4n) is 4.91. The second-order valence-electron chi connectivity index (χ2n) is 9.68. The number of carbonyl (C=O) groups is 2. The highest BCUT2D eigenvalue weighted by Gasteiger charge is 2.32. The van der Waals surface area contributed by atoms with Gasteiger partial charge in [0.1, 0.15) is 17.1 Å². The summed E-state index contributed by atoms with van der Waals surface area (Å²) < 4.78 is 21.8. The van der Waals surface area contributed by atoms with Crippen molar-refractivity contribution in [1.29, 1.82) is 0 Å². The molecule has 6 rings (SSSR count). The van der Waals surface area contributed by atoms with E-state index >= 15 is 4.39 Å². The third-order valence-electron chi connectivity index (χ3n) is 7.00. The second-order valence-corrected chi connectivity index (χ2v) is 10.4. The zero-order valence-corrected chi connectivity index (χ0v) is 23.1. The van der Waals surface area contributed by atoms with E-state index in [0.29, 0.717) is 25.0 Å². The fraction of sp³-hybridized carbons (Fsp3) is 0.333. The summed E-state index contributed by atoms with van der Waals surface area (Å²) in [5.74, 6) is -1.32. The number of nitrogens with one attached hydrogen (secondary N) is 2. The molecule has 3 heterocycles. The molecule has 2 aliphatic rings. The van der Waals surface area contributed by atoms with Crippen molar-refractivity contribution < 1.29 is 23.8 Å². The first-order valence-electron chi connectivity index (χ1n) is 12.6. The van der Waals surface area contributed by atoms with Crippen LogP contribution in [0.2, 0.25) is 5.02 Å². The van der Waals surface area contributed by atoms with Gasteiger partial charge in [0.2, 0.25) is 11.3 Å². The summed E-state index contributed by atoms with van der Waals surface area (Å²) in [6, 6.07) is 6.69. The minimum Gasteiger partial charge on any atom is -0.497 e. The van der Waals surface area contributed by atoms with Crippen molar-refractivity contribution in [2.45, 2.75) is 31.3 Å². The van der Waals surface area contributed by atoms with E-state index in [1.807, 2.05) is 18.2 Å². The number of amides is 1. The van der Waals surface area contributed by atoms with Crippen LogP contribution in [-0.2, 0) is 4.79 Å². The fourth-order valence-corrected chi connectivity index (χ4v) is 5.41. The number of aromatic carboxylic acids is 1. The summed E-state index contributed by atoms with van der Waals surface area (Å²) in [6.07, 6.45) is 5.27. The van der Waals surface area contributed by atoms with Crippen LogP contribution < -0.4 is 20.4 Å². The summed E-state index contributed by atoms with van der Waals surface area (Å²) in [5.41, 5.74) is 1.33. The number of hydrogen-bond acceptors (Lipinski definition) is 7. The van der Waals surface area contributed by atoms with Gasteiger partial charge in [-0.2, -0.15) is 12.6 Å². The van der Waals surface area contributed by atoms with Crippen LogP contribution in [0.3, 0.4) is 0 Å². The van der Waals surface area contributed by atoms with Crippen molar-refractivity contribution in [1.82, 2.24) is 19.9 Å². The zero-order chi connectivity index (χ0) is 28.6. The van der Waals surface area contributed by atoms with Gasteiger partial charge < -0.3 is 29.6 Å². The molecule has 1 aliphatic heterocycles. The van der Waals surface area contributed by atoms with Crippen LogP contribution in [0.1, 0.15) is 35.7 Å². The molecular weight excluding hydrogens is 561 g/mol. The number of carbonyl (C=O) groups excluding carboxylic acids is 1. The van der Waals surface area contributed by atoms with E-state index in [-0.39, 0.29) is 39.8 Å². The Kier molecular flexibility index (Phi) is 7.90. The van der Waals surface area contributed by atoms with Gasteiger partial charge in [-0.25, -0.2) is 14.2 Å². The first-order valence-corrected chi connectivity index (χ1v) is 13.6. The normalized spacial score (nSPS) is 16.6. The van der Waals surface area contributed by atoms with E-state index in [1.54, 1.807) is 22.9 Å². The Morgan fingerprint density at radius 3 is 2.75 bits per heavy atom. The standard InChI is InChI=1S/C19H19ClFN3O4S.C8H8N2O/c20-15-16-11(18(26)12(19(27)28)7-24(16)10-1-2-10)5-13(21)17(15)23-4-3-9(6-23)22-14(25)8-29;1-11-6-2-3-7-8(4-6)10-5-9-7/h5,7,9-10,29H,1-4,6,8H2,(H,22,25)(H,27,28);2-5H,1H3,(H,9,10). The van der Waals surface area contributed by atoms with Crippen molar-refractivity contribution in [3.8, 4) is 5.75 Å². The lowest BCUT2D eigenvalue weighted by Gasteiger charge is -2.23. The number of nitrogens with zero attached hydrogens (tertiary/aromatic N) is 3. The number of hydrogen-bond donors (Lipinski definition) is 4. The molecule has 1 atom stereocenters. The van der Waals surface area contributed by atoms with Gasteiger partial charge in [-0.1, -0.05) is 11.6 Å². The van der Waals surface area contributed by atoms with Gasteiger partial charge in [-0.3, -0.25) is 9.59 Å². The number of rotatable bonds is 6. The maximum atomic E-state index is 15.0. The van der Waals surface area contributed by atoms with Gasteiger partial charge in [0.05, 0.1) is 51.8 Å². The lowest BCUT2D eigenvalue weighted by Crippen LogP contribution is -2.38. The van der Waals surface area contributed by atoms with Crippen LogP contribution in [-0.4, -0.2) is 63.5 Å². The number of pyridine rings is 1. The molecule has 1 saturated carbocycles. The molecule has 210 valence electrons. The number of halogens is 2. The van der Waals surface area contributed by atoms with Gasteiger partial charge >= 0.3 is 5.97 Å². The molecule has 13 heteroatoms. The third-order valence-corrected chi connectivity index (χ3v) is 7.64. The number of thiol groups is 1. The first kappa shape index (κ1) is 27.8. The molecule has 1 saturated heterocycles. The maximum Gasteiger partial charge on any atom is 0.341 e. The van der Waals surface area contributed by atoms with Crippen molar-refractivity contribution in [3.05, 3.63) is 63.4 Å². The van der Waals surface area contributed by atoms with Gasteiger partial charge in [0.15, 0.2) is 0 Å². The highest BCUT2D eigenvalue weighted by atomic mass is 35.5. The van der Waals surface area contributed by atoms with Crippen molar-refractivity contribution in [3.63, 3.8) is 0 Å². The third kappa shape index (κ3) is 5.46. The van der Waals surface area contributed by atoms with Crippen molar-refractivity contribution in [2.24, 2.45) is 0 Å². The zero-order valence-electron chi connectivity index (χ0n) is 21.5. The summed E-state index contributed by atoms with van der Waals surface area (Å²) >= 11 is 10.5. The molecule has 0 radical (unpaired) electrons. The maximum absolute atomic E-state index is 15.0. The van der Waals surface area contributed by atoms with Gasteiger partial charge in [-0.15, -0.1) is 0 Å². The van der Waals surface area contributed by atoms with E-state index in [2.05, 4.69) is 27.9 Å². The van der Waals surface area contributed by atoms with Gasteiger partial charge in [0.25, 0.3) is 0 Å². The van der Waals surface area contributed by atoms with E-state index in [1.165, 1.54) is 6.20 Å². The molecule has 1 amide bonds. The summed E-state index contributed by atoms with van der Waals surface area (Å²) in [6.45, 7) is 0.864. The minimum absolute atomic E-state index is 0.0352. The molecule has 10 nitrogen and oxygen atoms in total. The van der Waals surface area contributed by atoms with Crippen LogP contribution in [0.25, 0.3) is 21.9 Å². The van der Waals surface area contributed by atoms with Crippen molar-refractivity contribution in [2.75, 3.05) is 30.9 Å². The summed E-state index contributed by atoms with van der Waals surface area (Å²) in [5, 5.41) is 12.2. The molecule has 3 N–H and O–H groups in total. The number of H-pyrrole nitrogens is 1. The van der Waals surface area contributed by atoms with Crippen LogP contribution in [0.5, 0.6) is 5.75 Å². The number of methoxy groups -OCH3 is 1. The highest BCUT2D eigenvalue weighted by molar-refractivity contribution is 7.81. The average Bonchev–Trinajstić information content (AvgIpc) is 3.50. The minimum atomic E-state index is -1.35. The Hall–Kier alpha value is -3.77. The molecule has 0 spiro atoms. The highest BCUT2D eigenvalue weighted by Crippen LogP contribution is 2.42. The monoisotopic (exact) mass is 587 g/mol. The number of imidazole rings is 1. The summed E-state index contributed by atoms with van der Waals surface area (Å²) in [7, 11) is 1.65. The Balaban J connectivity index is 0.000000244. The van der Waals surface area contributed by atoms with E-state index < -0.39 is 22.8 Å². The number of ether oxygens (including phenoxy) is 1. The molecule has 0 bridgehead atoms. The number of carboxylic acid groups (broad SMARTS) is 1. The van der Waals surface area contributed by atoms with Crippen LogP contribution in [0, 0.1) is 5.82 Å². The Morgan fingerprint density at radius 1 is 1.30 bits per heavy atom. The van der Waals surface area contributed by atoms with Gasteiger partial charge in [-0.05, 0) is 37.5 Å². The van der Waals surface area contributed by atoms with Gasteiger partial charge in [0, 0.05) is 37.4 Å². The SMILES string of the molecule is COc1ccc2nc[nH]c2c1.O=C(CS)NC1CCN(c2c(F)cc3c(=O)c(C(=O)O)cn(C4CC4)c3c2Cl)C1. The molecule has 1 aliphatic carbocycles. The largest absolute Gasteiger partial charge is 0.497 e. The van der Waals surface area contributed by atoms with E-state index in [9.17, 15) is 19.5 Å². The van der Waals surface area contributed by atoms with E-state index in [4.69, 9.17) is 16.3 Å². The number of aromatic amines is 1. The number of benzene rings is 2. The van der Waals surface area contributed by atoms with Crippen molar-refractivity contribution >= 4 is 63.7 Å². The Morgan fingerprint density at radius 2 is 2.08 bits per heavy atom. The molecule has 2 aromatic carbocycles. The number of carboxylic acids is 1.